The smallest absolute Gasteiger partial charge is 0.245 e. The fourth-order valence-corrected chi connectivity index (χ4v) is 7.21. The monoisotopic (exact) mass is 563 g/mol. The molecule has 0 aromatic heterocycles. The maximum absolute atomic E-state index is 14.1. The molecule has 8 atom stereocenters. The van der Waals surface area contributed by atoms with E-state index in [0.717, 1.165) is 25.7 Å². The summed E-state index contributed by atoms with van der Waals surface area (Å²) in [6, 6.07) is 7.69. The molecule has 198 valence electrons. The van der Waals surface area contributed by atoms with Crippen molar-refractivity contribution in [1.82, 2.24) is 10.2 Å². The van der Waals surface area contributed by atoms with E-state index in [-0.39, 0.29) is 35.1 Å². The number of likely N-dealkylation sites (tertiary alicyclic amines) is 1. The van der Waals surface area contributed by atoms with Gasteiger partial charge in [-0.05, 0) is 30.9 Å². The lowest BCUT2D eigenvalue weighted by molar-refractivity contribution is -0.146. The van der Waals surface area contributed by atoms with Crippen molar-refractivity contribution in [2.24, 2.45) is 17.8 Å². The molecule has 3 fully saturated rings. The number of rotatable bonds is 11. The quantitative estimate of drug-likeness (QED) is 0.283. The number of carbonyl (C=O) groups is 3. The average Bonchev–Trinajstić information content (AvgIpc) is 3.46. The second-order valence-corrected chi connectivity index (χ2v) is 11.6. The van der Waals surface area contributed by atoms with E-state index in [9.17, 15) is 19.5 Å². The summed E-state index contributed by atoms with van der Waals surface area (Å²) in [5, 5.41) is 16.3. The molecule has 0 radical (unpaired) electrons. The maximum Gasteiger partial charge on any atom is 0.245 e. The highest BCUT2D eigenvalue weighted by molar-refractivity contribution is 9.09. The summed E-state index contributed by atoms with van der Waals surface area (Å²) in [7, 11) is 0. The van der Waals surface area contributed by atoms with Crippen molar-refractivity contribution in [2.75, 3.05) is 18.5 Å². The summed E-state index contributed by atoms with van der Waals surface area (Å²) >= 11 is 3.69. The molecule has 3 aliphatic rings. The van der Waals surface area contributed by atoms with Gasteiger partial charge in [0.1, 0.15) is 11.6 Å². The number of unbranched alkanes of at least 4 members (excludes halogenated alkanes) is 2. The van der Waals surface area contributed by atoms with Crippen molar-refractivity contribution in [3.8, 4) is 0 Å². The van der Waals surface area contributed by atoms with Gasteiger partial charge in [-0.2, -0.15) is 0 Å². The van der Waals surface area contributed by atoms with E-state index in [2.05, 4.69) is 33.5 Å². The average molecular weight is 565 g/mol. The Kier molecular flexibility index (Phi) is 8.42. The van der Waals surface area contributed by atoms with Crippen molar-refractivity contribution in [2.45, 2.75) is 81.5 Å². The molecule has 0 aliphatic carbocycles. The third-order valence-electron chi connectivity index (χ3n) is 8.24. The SMILES string of the molecule is CCCCCNC(=O)C1N([C@@H](CO)[C@@H](C)CC)C(=O)[C@@H]2[C@H](C(=O)Nc3ccccc3)[C@H]3OC12CC3Br. The van der Waals surface area contributed by atoms with E-state index in [1.807, 2.05) is 32.0 Å². The molecule has 1 aromatic rings. The van der Waals surface area contributed by atoms with E-state index in [0.29, 0.717) is 18.7 Å². The summed E-state index contributed by atoms with van der Waals surface area (Å²) in [6.07, 6.45) is 3.55. The minimum atomic E-state index is -1.12. The van der Waals surface area contributed by atoms with Crippen molar-refractivity contribution in [3.05, 3.63) is 30.3 Å². The summed E-state index contributed by atoms with van der Waals surface area (Å²) in [6.45, 7) is 6.33. The molecule has 3 amide bonds. The van der Waals surface area contributed by atoms with Crippen LogP contribution in [0.2, 0.25) is 0 Å². The number of para-hydroxylation sites is 1. The molecule has 3 aliphatic heterocycles. The fraction of sp³-hybridized carbons (Fsp3) is 0.667. The second kappa shape index (κ2) is 11.2. The van der Waals surface area contributed by atoms with Gasteiger partial charge in [0.15, 0.2) is 0 Å². The molecule has 2 bridgehead atoms. The normalized spacial score (nSPS) is 32.3. The first-order valence-corrected chi connectivity index (χ1v) is 14.1. The number of amides is 3. The highest BCUT2D eigenvalue weighted by Crippen LogP contribution is 2.60. The van der Waals surface area contributed by atoms with Gasteiger partial charge in [-0.15, -0.1) is 0 Å². The van der Waals surface area contributed by atoms with Crippen molar-refractivity contribution >= 4 is 39.3 Å². The highest BCUT2D eigenvalue weighted by atomic mass is 79.9. The van der Waals surface area contributed by atoms with E-state index >= 15 is 0 Å². The number of hydrogen-bond acceptors (Lipinski definition) is 5. The number of aliphatic hydroxyl groups excluding tert-OH is 1. The largest absolute Gasteiger partial charge is 0.394 e. The molecule has 1 spiro atoms. The van der Waals surface area contributed by atoms with Crippen LogP contribution in [0.25, 0.3) is 0 Å². The zero-order chi connectivity index (χ0) is 26.0. The predicted octanol–water partition coefficient (Wildman–Crippen LogP) is 3.09. The second-order valence-electron chi connectivity index (χ2n) is 10.4. The van der Waals surface area contributed by atoms with Crippen LogP contribution in [0, 0.1) is 17.8 Å². The number of carbonyl (C=O) groups excluding carboxylic acids is 3. The third kappa shape index (κ3) is 4.58. The fourth-order valence-electron chi connectivity index (χ4n) is 6.27. The molecule has 8 nitrogen and oxygen atoms in total. The number of aliphatic hydroxyl groups is 1. The zero-order valence-corrected chi connectivity index (χ0v) is 22.9. The predicted molar refractivity (Wildman–Crippen MR) is 140 cm³/mol. The number of alkyl halides is 1. The number of halogens is 1. The minimum absolute atomic E-state index is 0.0295. The molecule has 3 heterocycles. The van der Waals surface area contributed by atoms with Gasteiger partial charge in [-0.1, -0.05) is 74.2 Å². The van der Waals surface area contributed by atoms with Gasteiger partial charge >= 0.3 is 0 Å². The van der Waals surface area contributed by atoms with Gasteiger partial charge < -0.3 is 25.4 Å². The first-order valence-electron chi connectivity index (χ1n) is 13.2. The first-order chi connectivity index (χ1) is 17.3. The number of benzene rings is 1. The van der Waals surface area contributed by atoms with E-state index in [1.165, 1.54) is 0 Å². The molecular weight excluding hydrogens is 526 g/mol. The Bertz CT molecular complexity index is 962. The summed E-state index contributed by atoms with van der Waals surface area (Å²) in [4.78, 5) is 42.8. The molecular formula is C27H38BrN3O5. The van der Waals surface area contributed by atoms with Gasteiger partial charge in [0, 0.05) is 17.1 Å². The number of fused-ring (bicyclic) bond motifs is 1. The lowest BCUT2D eigenvalue weighted by Gasteiger charge is -2.38. The van der Waals surface area contributed by atoms with E-state index in [4.69, 9.17) is 4.74 Å². The van der Waals surface area contributed by atoms with Crippen LogP contribution >= 0.6 is 15.9 Å². The van der Waals surface area contributed by atoms with Gasteiger partial charge in [0.25, 0.3) is 0 Å². The van der Waals surface area contributed by atoms with Crippen molar-refractivity contribution < 1.29 is 24.2 Å². The van der Waals surface area contributed by atoms with Crippen LogP contribution in [0.1, 0.15) is 52.9 Å². The molecule has 9 heteroatoms. The molecule has 3 saturated heterocycles. The topological polar surface area (TPSA) is 108 Å². The Morgan fingerprint density at radius 3 is 2.58 bits per heavy atom. The van der Waals surface area contributed by atoms with Crippen molar-refractivity contribution in [3.63, 3.8) is 0 Å². The third-order valence-corrected chi connectivity index (χ3v) is 9.09. The van der Waals surface area contributed by atoms with Gasteiger partial charge in [-0.25, -0.2) is 0 Å². The number of nitrogens with zero attached hydrogens (tertiary/aromatic N) is 1. The van der Waals surface area contributed by atoms with Crippen LogP contribution < -0.4 is 10.6 Å². The van der Waals surface area contributed by atoms with Crippen LogP contribution in [-0.2, 0) is 19.1 Å². The van der Waals surface area contributed by atoms with Gasteiger partial charge in [0.2, 0.25) is 17.7 Å². The number of anilines is 1. The summed E-state index contributed by atoms with van der Waals surface area (Å²) in [5.41, 5.74) is -0.476. The first kappa shape index (κ1) is 27.1. The van der Waals surface area contributed by atoms with E-state index < -0.39 is 35.6 Å². The Balaban J connectivity index is 1.70. The summed E-state index contributed by atoms with van der Waals surface area (Å²) in [5.74, 6) is -2.40. The van der Waals surface area contributed by atoms with Gasteiger partial charge in [-0.3, -0.25) is 14.4 Å². The van der Waals surface area contributed by atoms with Crippen LogP contribution in [0.15, 0.2) is 30.3 Å². The van der Waals surface area contributed by atoms with Crippen LogP contribution in [-0.4, -0.2) is 69.5 Å². The van der Waals surface area contributed by atoms with Crippen LogP contribution in [0.5, 0.6) is 0 Å². The van der Waals surface area contributed by atoms with Crippen LogP contribution in [0.4, 0.5) is 5.69 Å². The molecule has 4 rings (SSSR count). The number of nitrogens with one attached hydrogen (secondary N) is 2. The summed E-state index contributed by atoms with van der Waals surface area (Å²) < 4.78 is 6.52. The molecule has 0 saturated carbocycles. The zero-order valence-electron chi connectivity index (χ0n) is 21.3. The van der Waals surface area contributed by atoms with Crippen LogP contribution in [0.3, 0.4) is 0 Å². The molecule has 1 aromatic carbocycles. The Labute approximate surface area is 221 Å². The Morgan fingerprint density at radius 2 is 1.94 bits per heavy atom. The van der Waals surface area contributed by atoms with Crippen molar-refractivity contribution in [1.29, 1.82) is 0 Å². The molecule has 36 heavy (non-hydrogen) atoms. The van der Waals surface area contributed by atoms with E-state index in [1.54, 1.807) is 17.0 Å². The standard InChI is InChI=1S/C27H38BrN3O5/c1-4-6-10-13-29-25(34)23-27-14-18(28)22(36-27)20(24(33)30-17-11-8-7-9-12-17)21(27)26(35)31(23)19(15-32)16(3)5-2/h7-9,11-12,16,18-23,32H,4-6,10,13-15H2,1-3H3,(H,29,34)(H,30,33)/t16-,18?,19-,20-,21-,22-,23?,27?/m0/s1. The lowest BCUT2D eigenvalue weighted by Crippen LogP contribution is -2.59. The molecule has 3 unspecified atom stereocenters. The molecule has 3 N–H and O–H groups in total. The minimum Gasteiger partial charge on any atom is -0.394 e. The Hall–Kier alpha value is -1.97. The maximum atomic E-state index is 14.1. The van der Waals surface area contributed by atoms with Gasteiger partial charge in [0.05, 0.1) is 30.6 Å². The lowest BCUT2D eigenvalue weighted by atomic mass is 9.70. The highest BCUT2D eigenvalue weighted by Gasteiger charge is 2.77. The Morgan fingerprint density at radius 1 is 1.22 bits per heavy atom. The number of ether oxygens (including phenoxy) is 1. The number of hydrogen-bond donors (Lipinski definition) is 3.